The normalized spacial score (nSPS) is 16.8. The Balaban J connectivity index is 1.48. The zero-order valence-corrected chi connectivity index (χ0v) is 24.2. The molecule has 0 spiro atoms. The van der Waals surface area contributed by atoms with Gasteiger partial charge in [-0.1, -0.05) is 0 Å². The monoisotopic (exact) mass is 599 g/mol. The van der Waals surface area contributed by atoms with E-state index >= 15 is 8.78 Å². The highest BCUT2D eigenvalue weighted by molar-refractivity contribution is 7.92. The molecule has 2 aromatic heterocycles. The number of rotatable bonds is 11. The Bertz CT molecular complexity index is 1650. The quantitative estimate of drug-likeness (QED) is 0.234. The molecular formula is C29H31F2N5O5S. The molecule has 1 aliphatic carbocycles. The molecule has 2 atom stereocenters. The second kappa shape index (κ2) is 12.3. The van der Waals surface area contributed by atoms with E-state index in [9.17, 15) is 8.42 Å². The van der Waals surface area contributed by atoms with Crippen molar-refractivity contribution in [3.8, 4) is 17.2 Å². The molecule has 5 rings (SSSR count). The van der Waals surface area contributed by atoms with E-state index in [-0.39, 0.29) is 24.0 Å². The van der Waals surface area contributed by atoms with Gasteiger partial charge in [-0.3, -0.25) is 4.68 Å². The van der Waals surface area contributed by atoms with E-state index < -0.39 is 32.7 Å². The van der Waals surface area contributed by atoms with Gasteiger partial charge in [0, 0.05) is 48.2 Å². The van der Waals surface area contributed by atoms with E-state index in [1.165, 1.54) is 32.8 Å². The first kappa shape index (κ1) is 29.2. The molecule has 0 N–H and O–H groups in total. The number of benzene rings is 2. The third kappa shape index (κ3) is 5.60. The van der Waals surface area contributed by atoms with Gasteiger partial charge < -0.3 is 14.2 Å². The van der Waals surface area contributed by atoms with Crippen LogP contribution in [0, 0.1) is 11.6 Å². The van der Waals surface area contributed by atoms with Crippen LogP contribution in [0.3, 0.4) is 0 Å². The predicted octanol–water partition coefficient (Wildman–Crippen LogP) is 5.10. The number of halogens is 2. The molecule has 0 bridgehead atoms. The van der Waals surface area contributed by atoms with E-state index in [0.29, 0.717) is 30.0 Å². The molecule has 1 saturated carbocycles. The molecule has 2 heterocycles. The number of methoxy groups -OCH3 is 2. The highest BCUT2D eigenvalue weighted by atomic mass is 32.2. The minimum atomic E-state index is -4.67. The summed E-state index contributed by atoms with van der Waals surface area (Å²) in [6.45, 7) is 2.36. The molecule has 1 aliphatic rings. The summed E-state index contributed by atoms with van der Waals surface area (Å²) in [7, 11) is -1.75. The smallest absolute Gasteiger partial charge is 0.268 e. The van der Waals surface area contributed by atoms with Crippen molar-refractivity contribution in [3.05, 3.63) is 84.1 Å². The minimum Gasteiger partial charge on any atom is -0.497 e. The molecule has 42 heavy (non-hydrogen) atoms. The zero-order chi connectivity index (χ0) is 29.9. The van der Waals surface area contributed by atoms with Gasteiger partial charge >= 0.3 is 0 Å². The van der Waals surface area contributed by atoms with E-state index in [4.69, 9.17) is 14.2 Å². The maximum Gasteiger partial charge on any atom is 0.268 e. The van der Waals surface area contributed by atoms with E-state index in [1.807, 2.05) is 17.7 Å². The molecule has 2 aromatic carbocycles. The Labute approximate surface area is 242 Å². The molecule has 10 nitrogen and oxygen atoms in total. The Kier molecular flexibility index (Phi) is 8.57. The van der Waals surface area contributed by atoms with Gasteiger partial charge in [-0.2, -0.15) is 9.49 Å². The standard InChI is InChI=1S/C29H31F2N5O5S/c1-4-35-22(12-15-34-35)21-6-5-7-23(21)41-24-10-11-26(29(31)28(24)30)42(37,38)36(27-13-14-32-18-33-27)17-19-8-9-20(39-2)16-25(19)40-3/h8-16,18,21,23H,4-7,17H2,1-3H3. The fraction of sp³-hybridized carbons (Fsp3) is 0.345. The van der Waals surface area contributed by atoms with Crippen LogP contribution in [0.15, 0.2) is 66.1 Å². The average molecular weight is 600 g/mol. The van der Waals surface area contributed by atoms with Crippen LogP contribution in [0.1, 0.15) is 43.4 Å². The van der Waals surface area contributed by atoms with Crippen molar-refractivity contribution in [1.82, 2.24) is 19.7 Å². The summed E-state index contributed by atoms with van der Waals surface area (Å²) >= 11 is 0. The summed E-state index contributed by atoms with van der Waals surface area (Å²) in [5.41, 5.74) is 1.41. The number of hydrogen-bond acceptors (Lipinski definition) is 8. The predicted molar refractivity (Wildman–Crippen MR) is 150 cm³/mol. The molecule has 4 aromatic rings. The number of hydrogen-bond donors (Lipinski definition) is 0. The molecule has 0 aliphatic heterocycles. The second-order valence-electron chi connectivity index (χ2n) is 9.71. The Hall–Kier alpha value is -4.26. The number of aryl methyl sites for hydroxylation is 1. The van der Waals surface area contributed by atoms with Crippen molar-refractivity contribution in [2.24, 2.45) is 0 Å². The first-order valence-electron chi connectivity index (χ1n) is 13.4. The van der Waals surface area contributed by atoms with Gasteiger partial charge in [-0.15, -0.1) is 0 Å². The Morgan fingerprint density at radius 1 is 1.00 bits per heavy atom. The summed E-state index contributed by atoms with van der Waals surface area (Å²) in [5.74, 6) is -2.52. The van der Waals surface area contributed by atoms with Crippen LogP contribution in [-0.2, 0) is 23.1 Å². The molecule has 0 saturated heterocycles. The summed E-state index contributed by atoms with van der Waals surface area (Å²) in [6, 6.07) is 10.3. The summed E-state index contributed by atoms with van der Waals surface area (Å²) in [4.78, 5) is 7.05. The first-order chi connectivity index (χ1) is 20.3. The fourth-order valence-corrected chi connectivity index (χ4v) is 6.73. The largest absolute Gasteiger partial charge is 0.497 e. The lowest BCUT2D eigenvalue weighted by Gasteiger charge is -2.25. The van der Waals surface area contributed by atoms with E-state index in [0.717, 1.165) is 35.0 Å². The zero-order valence-electron chi connectivity index (χ0n) is 23.4. The van der Waals surface area contributed by atoms with Crippen LogP contribution >= 0.6 is 0 Å². The van der Waals surface area contributed by atoms with Gasteiger partial charge in [0.2, 0.25) is 5.82 Å². The van der Waals surface area contributed by atoms with Gasteiger partial charge in [0.05, 0.1) is 20.8 Å². The van der Waals surface area contributed by atoms with Crippen LogP contribution in [-0.4, -0.2) is 48.5 Å². The van der Waals surface area contributed by atoms with Crippen molar-refractivity contribution in [2.75, 3.05) is 18.5 Å². The van der Waals surface area contributed by atoms with Crippen LogP contribution in [0.25, 0.3) is 0 Å². The van der Waals surface area contributed by atoms with Crippen LogP contribution in [0.5, 0.6) is 17.2 Å². The lowest BCUT2D eigenvalue weighted by molar-refractivity contribution is 0.176. The lowest BCUT2D eigenvalue weighted by atomic mass is 10.0. The van der Waals surface area contributed by atoms with Gasteiger partial charge in [0.15, 0.2) is 11.6 Å². The van der Waals surface area contributed by atoms with Gasteiger partial charge in [0.1, 0.15) is 34.6 Å². The lowest BCUT2D eigenvalue weighted by Crippen LogP contribution is -2.32. The summed E-state index contributed by atoms with van der Waals surface area (Å²) < 4.78 is 78.3. The molecule has 0 radical (unpaired) electrons. The number of nitrogens with zero attached hydrogens (tertiary/aromatic N) is 5. The average Bonchev–Trinajstić information content (AvgIpc) is 3.67. The molecule has 1 fully saturated rings. The van der Waals surface area contributed by atoms with Crippen molar-refractivity contribution in [2.45, 2.75) is 56.2 Å². The van der Waals surface area contributed by atoms with E-state index in [1.54, 1.807) is 24.4 Å². The molecule has 0 amide bonds. The first-order valence-corrected chi connectivity index (χ1v) is 14.9. The van der Waals surface area contributed by atoms with Gasteiger partial charge in [0.25, 0.3) is 10.0 Å². The topological polar surface area (TPSA) is 109 Å². The molecular weight excluding hydrogens is 568 g/mol. The van der Waals surface area contributed by atoms with Crippen molar-refractivity contribution >= 4 is 15.8 Å². The highest BCUT2D eigenvalue weighted by Crippen LogP contribution is 2.39. The second-order valence-corrected chi connectivity index (χ2v) is 11.5. The number of sulfonamides is 1. The Morgan fingerprint density at radius 2 is 1.83 bits per heavy atom. The van der Waals surface area contributed by atoms with Crippen molar-refractivity contribution in [1.29, 1.82) is 0 Å². The maximum absolute atomic E-state index is 15.6. The molecule has 222 valence electrons. The molecule has 2 unspecified atom stereocenters. The third-order valence-electron chi connectivity index (χ3n) is 7.37. The summed E-state index contributed by atoms with van der Waals surface area (Å²) in [6.07, 6.45) is 6.12. The number of aromatic nitrogens is 4. The summed E-state index contributed by atoms with van der Waals surface area (Å²) in [5, 5.41) is 4.31. The van der Waals surface area contributed by atoms with Crippen molar-refractivity contribution in [3.63, 3.8) is 0 Å². The van der Waals surface area contributed by atoms with Crippen molar-refractivity contribution < 1.29 is 31.4 Å². The minimum absolute atomic E-state index is 0.0376. The number of ether oxygens (including phenoxy) is 3. The number of anilines is 1. The Morgan fingerprint density at radius 3 is 2.55 bits per heavy atom. The van der Waals surface area contributed by atoms with E-state index in [2.05, 4.69) is 15.1 Å². The molecule has 13 heteroatoms. The van der Waals surface area contributed by atoms with Crippen LogP contribution < -0.4 is 18.5 Å². The van der Waals surface area contributed by atoms with Gasteiger partial charge in [-0.05, 0) is 56.5 Å². The third-order valence-corrected chi connectivity index (χ3v) is 9.14. The van der Waals surface area contributed by atoms with Gasteiger partial charge in [-0.25, -0.2) is 27.1 Å². The fourth-order valence-electron chi connectivity index (χ4n) is 5.27. The maximum atomic E-state index is 15.6. The van der Waals surface area contributed by atoms with Crippen LogP contribution in [0.4, 0.5) is 14.6 Å². The highest BCUT2D eigenvalue weighted by Gasteiger charge is 2.36. The SMILES string of the molecule is CCn1nccc1C1CCCC1Oc1ccc(S(=O)(=O)N(Cc2ccc(OC)cc2OC)c2ccncn2)c(F)c1F. The van der Waals surface area contributed by atoms with Crippen LogP contribution in [0.2, 0.25) is 0 Å².